The number of guanidine groups is 1. The van der Waals surface area contributed by atoms with Crippen molar-refractivity contribution < 1.29 is 9.47 Å². The number of hydrogen-bond acceptors (Lipinski definition) is 3. The van der Waals surface area contributed by atoms with Crippen molar-refractivity contribution in [2.24, 2.45) is 10.4 Å². The molecule has 0 bridgehead atoms. The number of methoxy groups -OCH3 is 1. The van der Waals surface area contributed by atoms with Crippen LogP contribution < -0.4 is 10.6 Å². The molecule has 120 valence electrons. The predicted octanol–water partition coefficient (Wildman–Crippen LogP) is 2.01. The lowest BCUT2D eigenvalue weighted by molar-refractivity contribution is 0.129. The molecule has 0 aromatic heterocycles. The molecule has 6 heteroatoms. The molecule has 1 saturated carbocycles. The van der Waals surface area contributed by atoms with Crippen molar-refractivity contribution in [2.45, 2.75) is 33.1 Å². The Bertz CT molecular complexity index is 271. The van der Waals surface area contributed by atoms with Gasteiger partial charge in [-0.25, -0.2) is 0 Å². The Morgan fingerprint density at radius 3 is 2.50 bits per heavy atom. The van der Waals surface area contributed by atoms with E-state index >= 15 is 0 Å². The summed E-state index contributed by atoms with van der Waals surface area (Å²) in [5, 5.41) is 6.53. The molecule has 1 fully saturated rings. The van der Waals surface area contributed by atoms with Crippen molar-refractivity contribution in [3.05, 3.63) is 0 Å². The van der Waals surface area contributed by atoms with Gasteiger partial charge in [-0.1, -0.05) is 0 Å². The van der Waals surface area contributed by atoms with Crippen LogP contribution in [0.25, 0.3) is 0 Å². The topological polar surface area (TPSA) is 54.9 Å². The summed E-state index contributed by atoms with van der Waals surface area (Å²) in [6.07, 6.45) is 3.68. The fourth-order valence-electron chi connectivity index (χ4n) is 1.96. The van der Waals surface area contributed by atoms with E-state index in [1.807, 2.05) is 6.92 Å². The third-order valence-electron chi connectivity index (χ3n) is 3.45. The fraction of sp³-hybridized carbons (Fsp3) is 0.929. The molecule has 0 aliphatic heterocycles. The van der Waals surface area contributed by atoms with Crippen LogP contribution in [-0.2, 0) is 9.47 Å². The molecule has 0 amide bonds. The molecular weight excluding hydrogens is 369 g/mol. The average Bonchev–Trinajstić information content (AvgIpc) is 3.17. The SMILES string of the molecule is CCNC(=NCC1(CCOCC)CC1)NCCOC.I. The zero-order valence-electron chi connectivity index (χ0n) is 13.0. The Morgan fingerprint density at radius 1 is 1.20 bits per heavy atom. The van der Waals surface area contributed by atoms with Crippen molar-refractivity contribution in [3.8, 4) is 0 Å². The molecule has 0 atom stereocenters. The van der Waals surface area contributed by atoms with Crippen LogP contribution in [-0.4, -0.2) is 52.5 Å². The van der Waals surface area contributed by atoms with E-state index in [9.17, 15) is 0 Å². The van der Waals surface area contributed by atoms with Crippen molar-refractivity contribution >= 4 is 29.9 Å². The van der Waals surface area contributed by atoms with Gasteiger partial charge in [-0.15, -0.1) is 24.0 Å². The molecule has 5 nitrogen and oxygen atoms in total. The zero-order valence-corrected chi connectivity index (χ0v) is 15.4. The van der Waals surface area contributed by atoms with E-state index in [4.69, 9.17) is 9.47 Å². The number of hydrogen-bond donors (Lipinski definition) is 2. The normalized spacial score (nSPS) is 16.4. The minimum absolute atomic E-state index is 0. The Hall–Kier alpha value is -0.0800. The van der Waals surface area contributed by atoms with Crippen LogP contribution in [0.5, 0.6) is 0 Å². The van der Waals surface area contributed by atoms with Gasteiger partial charge < -0.3 is 20.1 Å². The maximum Gasteiger partial charge on any atom is 0.191 e. The lowest BCUT2D eigenvalue weighted by Gasteiger charge is -2.15. The highest BCUT2D eigenvalue weighted by molar-refractivity contribution is 14.0. The van der Waals surface area contributed by atoms with Crippen LogP contribution >= 0.6 is 24.0 Å². The van der Waals surface area contributed by atoms with Gasteiger partial charge in [-0.2, -0.15) is 0 Å². The van der Waals surface area contributed by atoms with Gasteiger partial charge >= 0.3 is 0 Å². The monoisotopic (exact) mass is 399 g/mol. The minimum atomic E-state index is 0. The summed E-state index contributed by atoms with van der Waals surface area (Å²) < 4.78 is 10.5. The van der Waals surface area contributed by atoms with E-state index in [-0.39, 0.29) is 24.0 Å². The summed E-state index contributed by atoms with van der Waals surface area (Å²) in [6.45, 7) is 9.04. The highest BCUT2D eigenvalue weighted by Gasteiger charge is 2.41. The first-order valence-electron chi connectivity index (χ1n) is 7.35. The third kappa shape index (κ3) is 8.26. The molecule has 0 aromatic rings. The predicted molar refractivity (Wildman–Crippen MR) is 94.0 cm³/mol. The summed E-state index contributed by atoms with van der Waals surface area (Å²) in [5.74, 6) is 0.891. The zero-order chi connectivity index (χ0) is 14.0. The molecule has 0 spiro atoms. The van der Waals surface area contributed by atoms with E-state index in [0.29, 0.717) is 12.0 Å². The molecule has 0 radical (unpaired) electrons. The molecule has 1 aliphatic carbocycles. The van der Waals surface area contributed by atoms with E-state index in [2.05, 4.69) is 22.5 Å². The van der Waals surface area contributed by atoms with Crippen LogP contribution in [0.1, 0.15) is 33.1 Å². The van der Waals surface area contributed by atoms with Gasteiger partial charge in [-0.3, -0.25) is 4.99 Å². The number of halogens is 1. The van der Waals surface area contributed by atoms with Crippen molar-refractivity contribution in [3.63, 3.8) is 0 Å². The van der Waals surface area contributed by atoms with Gasteiger partial charge in [0, 0.05) is 40.0 Å². The van der Waals surface area contributed by atoms with Crippen molar-refractivity contribution in [2.75, 3.05) is 46.6 Å². The average molecular weight is 399 g/mol. The van der Waals surface area contributed by atoms with Crippen LogP contribution in [0.3, 0.4) is 0 Å². The number of ether oxygens (including phenoxy) is 2. The Balaban J connectivity index is 0.00000361. The Kier molecular flexibility index (Phi) is 11.5. The van der Waals surface area contributed by atoms with Gasteiger partial charge in [0.25, 0.3) is 0 Å². The van der Waals surface area contributed by atoms with Crippen LogP contribution in [0, 0.1) is 5.41 Å². The second-order valence-electron chi connectivity index (χ2n) is 5.06. The number of nitrogens with zero attached hydrogens (tertiary/aromatic N) is 1. The first-order valence-corrected chi connectivity index (χ1v) is 7.35. The van der Waals surface area contributed by atoms with Gasteiger partial charge in [0.05, 0.1) is 6.61 Å². The van der Waals surface area contributed by atoms with Crippen LogP contribution in [0.2, 0.25) is 0 Å². The summed E-state index contributed by atoms with van der Waals surface area (Å²) in [7, 11) is 1.71. The lowest BCUT2D eigenvalue weighted by atomic mass is 10.0. The standard InChI is InChI=1S/C14H29N3O2.HI/c1-4-15-13(16-9-11-18-3)17-12-14(6-7-14)8-10-19-5-2;/h4-12H2,1-3H3,(H2,15,16,17);1H. The number of nitrogens with one attached hydrogen (secondary N) is 2. The molecule has 20 heavy (non-hydrogen) atoms. The van der Waals surface area contributed by atoms with Gasteiger partial charge in [0.2, 0.25) is 0 Å². The second-order valence-corrected chi connectivity index (χ2v) is 5.06. The van der Waals surface area contributed by atoms with Gasteiger partial charge in [-0.05, 0) is 38.5 Å². The maximum absolute atomic E-state index is 5.45. The second kappa shape index (κ2) is 11.6. The van der Waals surface area contributed by atoms with E-state index in [1.54, 1.807) is 7.11 Å². The number of aliphatic imine (C=N–C) groups is 1. The molecule has 0 aromatic carbocycles. The summed E-state index contributed by atoms with van der Waals surface area (Å²) >= 11 is 0. The highest BCUT2D eigenvalue weighted by atomic mass is 127. The third-order valence-corrected chi connectivity index (χ3v) is 3.45. The maximum atomic E-state index is 5.45. The summed E-state index contributed by atoms with van der Waals surface area (Å²) in [5.41, 5.74) is 0.402. The highest BCUT2D eigenvalue weighted by Crippen LogP contribution is 2.48. The summed E-state index contributed by atoms with van der Waals surface area (Å²) in [6, 6.07) is 0. The molecule has 2 N–H and O–H groups in total. The van der Waals surface area contributed by atoms with Crippen LogP contribution in [0.15, 0.2) is 4.99 Å². The van der Waals surface area contributed by atoms with Crippen molar-refractivity contribution in [1.29, 1.82) is 0 Å². The smallest absolute Gasteiger partial charge is 0.191 e. The molecule has 0 unspecified atom stereocenters. The molecule has 0 heterocycles. The first-order chi connectivity index (χ1) is 9.26. The number of rotatable bonds is 10. The molecule has 0 saturated heterocycles. The minimum Gasteiger partial charge on any atom is -0.383 e. The van der Waals surface area contributed by atoms with Crippen molar-refractivity contribution in [1.82, 2.24) is 10.6 Å². The summed E-state index contributed by atoms with van der Waals surface area (Å²) in [4.78, 5) is 4.68. The molecule has 1 rings (SSSR count). The van der Waals surface area contributed by atoms with Gasteiger partial charge in [0.15, 0.2) is 5.96 Å². The fourth-order valence-corrected chi connectivity index (χ4v) is 1.96. The van der Waals surface area contributed by atoms with E-state index in [1.165, 1.54) is 12.8 Å². The quantitative estimate of drug-likeness (QED) is 0.256. The van der Waals surface area contributed by atoms with Crippen LogP contribution in [0.4, 0.5) is 0 Å². The molecule has 1 aliphatic rings. The van der Waals surface area contributed by atoms with E-state index < -0.39 is 0 Å². The first kappa shape index (κ1) is 19.9. The largest absolute Gasteiger partial charge is 0.383 e. The molecular formula is C14H30IN3O2. The lowest BCUT2D eigenvalue weighted by Crippen LogP contribution is -2.39. The van der Waals surface area contributed by atoms with Gasteiger partial charge in [0.1, 0.15) is 0 Å². The Labute approximate surface area is 140 Å². The van der Waals surface area contributed by atoms with E-state index in [0.717, 1.165) is 45.2 Å². The Morgan fingerprint density at radius 2 is 1.95 bits per heavy atom.